The van der Waals surface area contributed by atoms with Crippen molar-refractivity contribution in [1.82, 2.24) is 10.6 Å². The second kappa shape index (κ2) is 8.74. The van der Waals surface area contributed by atoms with E-state index >= 15 is 0 Å². The van der Waals surface area contributed by atoms with Gasteiger partial charge >= 0.3 is 18.2 Å². The molecule has 8 heteroatoms. The Balaban J connectivity index is 3.91. The molecule has 0 rings (SSSR count). The molecule has 0 aliphatic rings. The molecule has 0 aromatic rings. The van der Waals surface area contributed by atoms with Crippen molar-refractivity contribution in [3.8, 4) is 0 Å². The number of carboxylic acid groups (broad SMARTS) is 1. The van der Waals surface area contributed by atoms with E-state index in [0.29, 0.717) is 19.3 Å². The molecule has 0 aromatic carbocycles. The molecule has 0 aliphatic heterocycles. The number of amides is 2. The summed E-state index contributed by atoms with van der Waals surface area (Å²) in [7, 11) is 0. The predicted molar refractivity (Wildman–Crippen MR) is 71.9 cm³/mol. The number of nitrogens with one attached hydrogen (secondary N) is 2. The lowest BCUT2D eigenvalue weighted by Crippen LogP contribution is -2.45. The number of alkyl halides is 3. The minimum atomic E-state index is -4.31. The molecule has 0 bridgehead atoms. The fourth-order valence-electron chi connectivity index (χ4n) is 1.81. The average molecular weight is 312 g/mol. The van der Waals surface area contributed by atoms with Crippen molar-refractivity contribution >= 4 is 12.0 Å². The molecule has 3 unspecified atom stereocenters. The van der Waals surface area contributed by atoms with Crippen molar-refractivity contribution in [2.24, 2.45) is 5.92 Å². The number of hydrogen-bond acceptors (Lipinski definition) is 2. The topological polar surface area (TPSA) is 78.4 Å². The van der Waals surface area contributed by atoms with Crippen LogP contribution in [0, 0.1) is 5.92 Å². The number of carbonyl (C=O) groups is 2. The summed E-state index contributed by atoms with van der Waals surface area (Å²) in [4.78, 5) is 22.1. The molecule has 0 radical (unpaired) electrons. The van der Waals surface area contributed by atoms with Crippen LogP contribution in [0.5, 0.6) is 0 Å². The molecule has 0 fully saturated rings. The Kier molecular flexibility index (Phi) is 8.12. The Labute approximate surface area is 122 Å². The van der Waals surface area contributed by atoms with Gasteiger partial charge in [0.25, 0.3) is 0 Å². The minimum absolute atomic E-state index is 0.232. The first-order valence-electron chi connectivity index (χ1n) is 6.88. The molecule has 0 aliphatic carbocycles. The van der Waals surface area contributed by atoms with Gasteiger partial charge in [-0.2, -0.15) is 13.2 Å². The lowest BCUT2D eigenvalue weighted by molar-refractivity contribution is -0.141. The van der Waals surface area contributed by atoms with E-state index in [4.69, 9.17) is 5.11 Å². The number of aliphatic carboxylic acids is 1. The molecule has 0 aromatic heterocycles. The Bertz CT molecular complexity index is 348. The molecule has 0 saturated carbocycles. The van der Waals surface area contributed by atoms with Gasteiger partial charge in [0, 0.05) is 12.1 Å². The maximum atomic E-state index is 12.1. The number of urea groups is 1. The van der Waals surface area contributed by atoms with Crippen molar-refractivity contribution in [1.29, 1.82) is 0 Å². The third kappa shape index (κ3) is 10.9. The van der Waals surface area contributed by atoms with Crippen LogP contribution in [0.1, 0.15) is 46.5 Å². The highest BCUT2D eigenvalue weighted by atomic mass is 19.4. The summed E-state index contributed by atoms with van der Waals surface area (Å²) in [6.45, 7) is 4.61. The van der Waals surface area contributed by atoms with Gasteiger partial charge in [-0.15, -0.1) is 0 Å². The molecule has 0 heterocycles. The van der Waals surface area contributed by atoms with Crippen LogP contribution in [-0.2, 0) is 4.79 Å². The molecule has 3 N–H and O–H groups in total. The molecule has 124 valence electrons. The Hall–Kier alpha value is -1.47. The summed E-state index contributed by atoms with van der Waals surface area (Å²) in [6, 6.07) is -1.88. The van der Waals surface area contributed by atoms with Crippen LogP contribution in [0.2, 0.25) is 0 Å². The van der Waals surface area contributed by atoms with Gasteiger partial charge in [-0.1, -0.05) is 13.3 Å². The fraction of sp³-hybridized carbons (Fsp3) is 0.846. The highest BCUT2D eigenvalue weighted by molar-refractivity contribution is 5.74. The monoisotopic (exact) mass is 312 g/mol. The standard InChI is InChI=1S/C13H23F3N2O3/c1-8(11(19)20)5-4-6-9(2)17-12(21)18-10(3)7-13(14,15)16/h8-10H,4-7H2,1-3H3,(H,19,20)(H2,17,18,21). The molecular formula is C13H23F3N2O3. The highest BCUT2D eigenvalue weighted by Crippen LogP contribution is 2.21. The van der Waals surface area contributed by atoms with Gasteiger partial charge in [0.1, 0.15) is 0 Å². The number of hydrogen-bond donors (Lipinski definition) is 3. The van der Waals surface area contributed by atoms with E-state index in [-0.39, 0.29) is 6.04 Å². The van der Waals surface area contributed by atoms with Crippen LogP contribution in [0.25, 0.3) is 0 Å². The van der Waals surface area contributed by atoms with Gasteiger partial charge in [0.15, 0.2) is 0 Å². The van der Waals surface area contributed by atoms with Gasteiger partial charge in [0.05, 0.1) is 12.3 Å². The van der Waals surface area contributed by atoms with E-state index in [1.54, 1.807) is 13.8 Å². The zero-order valence-electron chi connectivity index (χ0n) is 12.5. The molecule has 0 spiro atoms. The van der Waals surface area contributed by atoms with E-state index in [9.17, 15) is 22.8 Å². The lowest BCUT2D eigenvalue weighted by atomic mass is 10.0. The maximum absolute atomic E-state index is 12.1. The van der Waals surface area contributed by atoms with Crippen molar-refractivity contribution < 1.29 is 27.9 Å². The van der Waals surface area contributed by atoms with Gasteiger partial charge < -0.3 is 15.7 Å². The normalized spacial score (nSPS) is 15.9. The van der Waals surface area contributed by atoms with E-state index in [1.165, 1.54) is 6.92 Å². The van der Waals surface area contributed by atoms with Crippen LogP contribution < -0.4 is 10.6 Å². The zero-order valence-corrected chi connectivity index (χ0v) is 12.5. The van der Waals surface area contributed by atoms with Gasteiger partial charge in [-0.3, -0.25) is 4.79 Å². The molecule has 21 heavy (non-hydrogen) atoms. The summed E-state index contributed by atoms with van der Waals surface area (Å²) >= 11 is 0. The highest BCUT2D eigenvalue weighted by Gasteiger charge is 2.30. The second-order valence-electron chi connectivity index (χ2n) is 5.41. The number of halogens is 3. The Morgan fingerprint density at radius 2 is 1.57 bits per heavy atom. The largest absolute Gasteiger partial charge is 0.481 e. The SMILES string of the molecule is CC(CCCC(C)C(=O)O)NC(=O)NC(C)CC(F)(F)F. The molecule has 2 amide bonds. The summed E-state index contributed by atoms with van der Waals surface area (Å²) in [6.07, 6.45) is -3.71. The lowest BCUT2D eigenvalue weighted by Gasteiger charge is -2.19. The van der Waals surface area contributed by atoms with Crippen molar-refractivity contribution in [2.45, 2.75) is 64.7 Å². The van der Waals surface area contributed by atoms with E-state index < -0.39 is 36.6 Å². The number of carboxylic acids is 1. The quantitative estimate of drug-likeness (QED) is 0.645. The molecular weight excluding hydrogens is 289 g/mol. The third-order valence-corrected chi connectivity index (χ3v) is 2.99. The van der Waals surface area contributed by atoms with Crippen LogP contribution in [0.3, 0.4) is 0 Å². The van der Waals surface area contributed by atoms with Crippen LogP contribution in [-0.4, -0.2) is 35.4 Å². The van der Waals surface area contributed by atoms with E-state index in [0.717, 1.165) is 0 Å². The Morgan fingerprint density at radius 1 is 1.05 bits per heavy atom. The zero-order chi connectivity index (χ0) is 16.6. The summed E-state index contributed by atoms with van der Waals surface area (Å²) in [5.41, 5.74) is 0. The minimum Gasteiger partial charge on any atom is -0.481 e. The second-order valence-corrected chi connectivity index (χ2v) is 5.41. The summed E-state index contributed by atoms with van der Waals surface area (Å²) in [5.74, 6) is -1.31. The van der Waals surface area contributed by atoms with Crippen molar-refractivity contribution in [2.75, 3.05) is 0 Å². The van der Waals surface area contributed by atoms with Gasteiger partial charge in [0.2, 0.25) is 0 Å². The van der Waals surface area contributed by atoms with Crippen LogP contribution in [0.4, 0.5) is 18.0 Å². The van der Waals surface area contributed by atoms with Gasteiger partial charge in [-0.25, -0.2) is 4.79 Å². The van der Waals surface area contributed by atoms with Crippen molar-refractivity contribution in [3.63, 3.8) is 0 Å². The average Bonchev–Trinajstić information content (AvgIpc) is 2.24. The first-order valence-corrected chi connectivity index (χ1v) is 6.88. The number of carbonyl (C=O) groups excluding carboxylic acids is 1. The Morgan fingerprint density at radius 3 is 2.05 bits per heavy atom. The smallest absolute Gasteiger partial charge is 0.391 e. The molecule has 0 saturated heterocycles. The predicted octanol–water partition coefficient (Wildman–Crippen LogP) is 2.91. The first kappa shape index (κ1) is 19.5. The molecule has 5 nitrogen and oxygen atoms in total. The van der Waals surface area contributed by atoms with Crippen molar-refractivity contribution in [3.05, 3.63) is 0 Å². The number of rotatable bonds is 8. The third-order valence-electron chi connectivity index (χ3n) is 2.99. The summed E-state index contributed by atoms with van der Waals surface area (Å²) in [5, 5.41) is 13.5. The first-order chi connectivity index (χ1) is 9.51. The molecule has 3 atom stereocenters. The van der Waals surface area contributed by atoms with Gasteiger partial charge in [-0.05, 0) is 26.7 Å². The van der Waals surface area contributed by atoms with Crippen LogP contribution in [0.15, 0.2) is 0 Å². The van der Waals surface area contributed by atoms with E-state index in [2.05, 4.69) is 10.6 Å². The van der Waals surface area contributed by atoms with Crippen LogP contribution >= 0.6 is 0 Å². The summed E-state index contributed by atoms with van der Waals surface area (Å²) < 4.78 is 36.3. The van der Waals surface area contributed by atoms with E-state index in [1.807, 2.05) is 0 Å². The maximum Gasteiger partial charge on any atom is 0.391 e. The fourth-order valence-corrected chi connectivity index (χ4v) is 1.81.